The molecule has 1 heterocycles. The molecule has 1 atom stereocenters. The highest BCUT2D eigenvalue weighted by molar-refractivity contribution is 6.03. The largest absolute Gasteiger partial charge is 0.494 e. The standard InChI is InChI=1S/C20H21N3O5/c1-3-28-18-6-4-5-17(13-18)22-12-11-21(14(2)19(22)24)20(25)15-7-9-16(10-8-15)23(26)27/h4-10,13-14H,3,11-12H2,1-2H3/t14-/m0/s1. The molecule has 0 radical (unpaired) electrons. The van der Waals surface area contributed by atoms with Gasteiger partial charge in [0.1, 0.15) is 11.8 Å². The third-order valence-electron chi connectivity index (χ3n) is 4.68. The maximum atomic E-state index is 12.9. The molecule has 0 N–H and O–H groups in total. The molecule has 0 saturated carbocycles. The minimum absolute atomic E-state index is 0.0836. The summed E-state index contributed by atoms with van der Waals surface area (Å²) < 4.78 is 5.49. The summed E-state index contributed by atoms with van der Waals surface area (Å²) in [5.74, 6) is 0.179. The van der Waals surface area contributed by atoms with E-state index in [1.54, 1.807) is 11.8 Å². The first-order valence-corrected chi connectivity index (χ1v) is 9.02. The summed E-state index contributed by atoms with van der Waals surface area (Å²) >= 11 is 0. The van der Waals surface area contributed by atoms with Crippen molar-refractivity contribution in [1.29, 1.82) is 0 Å². The van der Waals surface area contributed by atoms with E-state index in [-0.39, 0.29) is 17.5 Å². The van der Waals surface area contributed by atoms with E-state index in [0.717, 1.165) is 5.69 Å². The lowest BCUT2D eigenvalue weighted by Gasteiger charge is -2.39. The van der Waals surface area contributed by atoms with Crippen LogP contribution in [0.5, 0.6) is 5.75 Å². The van der Waals surface area contributed by atoms with Crippen molar-refractivity contribution in [2.45, 2.75) is 19.9 Å². The van der Waals surface area contributed by atoms with E-state index >= 15 is 0 Å². The van der Waals surface area contributed by atoms with Crippen LogP contribution in [0.15, 0.2) is 48.5 Å². The number of non-ortho nitro benzene ring substituents is 1. The average Bonchev–Trinajstić information content (AvgIpc) is 2.70. The van der Waals surface area contributed by atoms with Crippen LogP contribution in [-0.4, -0.2) is 47.4 Å². The number of ether oxygens (including phenoxy) is 1. The van der Waals surface area contributed by atoms with Gasteiger partial charge < -0.3 is 14.5 Å². The van der Waals surface area contributed by atoms with Crippen LogP contribution in [0, 0.1) is 10.1 Å². The van der Waals surface area contributed by atoms with Crippen molar-refractivity contribution in [3.63, 3.8) is 0 Å². The molecule has 0 spiro atoms. The number of nitrogens with zero attached hydrogens (tertiary/aromatic N) is 3. The minimum Gasteiger partial charge on any atom is -0.494 e. The average molecular weight is 383 g/mol. The number of hydrogen-bond donors (Lipinski definition) is 0. The van der Waals surface area contributed by atoms with Crippen LogP contribution in [0.25, 0.3) is 0 Å². The van der Waals surface area contributed by atoms with Crippen molar-refractivity contribution in [2.24, 2.45) is 0 Å². The van der Waals surface area contributed by atoms with Crippen molar-refractivity contribution >= 4 is 23.2 Å². The molecule has 146 valence electrons. The van der Waals surface area contributed by atoms with Gasteiger partial charge in [-0.3, -0.25) is 19.7 Å². The van der Waals surface area contributed by atoms with E-state index in [2.05, 4.69) is 0 Å². The molecule has 1 aliphatic heterocycles. The van der Waals surface area contributed by atoms with Gasteiger partial charge in [0.25, 0.3) is 11.6 Å². The van der Waals surface area contributed by atoms with Gasteiger partial charge in [0, 0.05) is 42.5 Å². The summed E-state index contributed by atoms with van der Waals surface area (Å²) in [6.45, 7) is 4.83. The molecular formula is C20H21N3O5. The lowest BCUT2D eigenvalue weighted by Crippen LogP contribution is -2.57. The number of anilines is 1. The predicted octanol–water partition coefficient (Wildman–Crippen LogP) is 2.87. The minimum atomic E-state index is -0.646. The van der Waals surface area contributed by atoms with Gasteiger partial charge >= 0.3 is 0 Å². The van der Waals surface area contributed by atoms with Crippen LogP contribution in [0.3, 0.4) is 0 Å². The number of carbonyl (C=O) groups is 2. The zero-order valence-corrected chi connectivity index (χ0v) is 15.7. The topological polar surface area (TPSA) is 93.0 Å². The summed E-state index contributed by atoms with van der Waals surface area (Å²) in [6, 6.07) is 12.0. The van der Waals surface area contributed by atoms with Gasteiger partial charge in [0.2, 0.25) is 5.91 Å². The highest BCUT2D eigenvalue weighted by Gasteiger charge is 2.35. The molecule has 0 aromatic heterocycles. The second-order valence-corrected chi connectivity index (χ2v) is 6.40. The molecule has 0 bridgehead atoms. The molecule has 0 aliphatic carbocycles. The van der Waals surface area contributed by atoms with Crippen molar-refractivity contribution in [3.05, 3.63) is 64.2 Å². The van der Waals surface area contributed by atoms with E-state index in [4.69, 9.17) is 4.74 Å². The molecule has 2 aromatic carbocycles. The van der Waals surface area contributed by atoms with Gasteiger partial charge in [0.15, 0.2) is 0 Å². The third-order valence-corrected chi connectivity index (χ3v) is 4.68. The number of nitro benzene ring substituents is 1. The second kappa shape index (κ2) is 8.08. The fourth-order valence-electron chi connectivity index (χ4n) is 3.20. The molecule has 1 aliphatic rings. The smallest absolute Gasteiger partial charge is 0.269 e. The van der Waals surface area contributed by atoms with E-state index in [1.807, 2.05) is 31.2 Å². The highest BCUT2D eigenvalue weighted by atomic mass is 16.6. The maximum Gasteiger partial charge on any atom is 0.269 e. The van der Waals surface area contributed by atoms with Crippen LogP contribution >= 0.6 is 0 Å². The molecule has 2 aromatic rings. The number of benzene rings is 2. The van der Waals surface area contributed by atoms with Crippen molar-refractivity contribution in [2.75, 3.05) is 24.6 Å². The predicted molar refractivity (Wildman–Crippen MR) is 104 cm³/mol. The van der Waals surface area contributed by atoms with Gasteiger partial charge in [-0.15, -0.1) is 0 Å². The monoisotopic (exact) mass is 383 g/mol. The fourth-order valence-corrected chi connectivity index (χ4v) is 3.20. The third kappa shape index (κ3) is 3.80. The number of amides is 2. The van der Waals surface area contributed by atoms with Crippen molar-refractivity contribution < 1.29 is 19.2 Å². The Morgan fingerprint density at radius 1 is 1.21 bits per heavy atom. The Morgan fingerprint density at radius 3 is 2.57 bits per heavy atom. The van der Waals surface area contributed by atoms with Gasteiger partial charge in [-0.25, -0.2) is 0 Å². The van der Waals surface area contributed by atoms with Gasteiger partial charge in [-0.1, -0.05) is 6.07 Å². The summed E-state index contributed by atoms with van der Waals surface area (Å²) in [7, 11) is 0. The Labute approximate surface area is 162 Å². The molecule has 1 fully saturated rings. The van der Waals surface area contributed by atoms with Gasteiger partial charge in [0.05, 0.1) is 11.5 Å². The summed E-state index contributed by atoms with van der Waals surface area (Å²) in [5, 5.41) is 10.8. The molecule has 28 heavy (non-hydrogen) atoms. The lowest BCUT2D eigenvalue weighted by atomic mass is 10.1. The molecule has 0 unspecified atom stereocenters. The summed E-state index contributed by atoms with van der Waals surface area (Å²) in [6.07, 6.45) is 0. The number of carbonyl (C=O) groups excluding carboxylic acids is 2. The van der Waals surface area contributed by atoms with Gasteiger partial charge in [-0.05, 0) is 38.1 Å². The van der Waals surface area contributed by atoms with E-state index in [1.165, 1.54) is 29.2 Å². The number of nitro groups is 1. The lowest BCUT2D eigenvalue weighted by molar-refractivity contribution is -0.384. The molecule has 1 saturated heterocycles. The van der Waals surface area contributed by atoms with Crippen molar-refractivity contribution in [1.82, 2.24) is 4.90 Å². The molecule has 3 rings (SSSR count). The first-order chi connectivity index (χ1) is 13.4. The SMILES string of the molecule is CCOc1cccc(N2CCN(C(=O)c3ccc([N+](=O)[O-])cc3)[C@@H](C)C2=O)c1. The Hall–Kier alpha value is -3.42. The molecule has 8 heteroatoms. The molecule has 2 amide bonds. The Kier molecular flexibility index (Phi) is 5.58. The zero-order chi connectivity index (χ0) is 20.3. The Balaban J connectivity index is 1.76. The first-order valence-electron chi connectivity index (χ1n) is 9.02. The molecule has 8 nitrogen and oxygen atoms in total. The first kappa shape index (κ1) is 19.3. The Morgan fingerprint density at radius 2 is 1.93 bits per heavy atom. The van der Waals surface area contributed by atoms with E-state index < -0.39 is 11.0 Å². The second-order valence-electron chi connectivity index (χ2n) is 6.40. The van der Waals surface area contributed by atoms with Crippen LogP contribution in [0.4, 0.5) is 11.4 Å². The quantitative estimate of drug-likeness (QED) is 0.585. The zero-order valence-electron chi connectivity index (χ0n) is 15.7. The summed E-state index contributed by atoms with van der Waals surface area (Å²) in [4.78, 5) is 39.1. The fraction of sp³-hybridized carbons (Fsp3) is 0.300. The number of rotatable bonds is 5. The normalized spacial score (nSPS) is 16.8. The number of hydrogen-bond acceptors (Lipinski definition) is 5. The van der Waals surface area contributed by atoms with Crippen LogP contribution in [0.2, 0.25) is 0 Å². The van der Waals surface area contributed by atoms with Crippen LogP contribution in [-0.2, 0) is 4.79 Å². The Bertz CT molecular complexity index is 897. The van der Waals surface area contributed by atoms with Crippen LogP contribution < -0.4 is 9.64 Å². The van der Waals surface area contributed by atoms with Crippen LogP contribution in [0.1, 0.15) is 24.2 Å². The van der Waals surface area contributed by atoms with Crippen molar-refractivity contribution in [3.8, 4) is 5.75 Å². The highest BCUT2D eigenvalue weighted by Crippen LogP contribution is 2.25. The number of piperazine rings is 1. The molecular weight excluding hydrogens is 362 g/mol. The summed E-state index contributed by atoms with van der Waals surface area (Å²) in [5.41, 5.74) is 0.960. The van der Waals surface area contributed by atoms with Gasteiger partial charge in [-0.2, -0.15) is 0 Å². The van der Waals surface area contributed by atoms with E-state index in [9.17, 15) is 19.7 Å². The van der Waals surface area contributed by atoms with E-state index in [0.29, 0.717) is 31.0 Å². The maximum absolute atomic E-state index is 12.9.